The molecular formula is C67H42F6N2. The van der Waals surface area contributed by atoms with Gasteiger partial charge in [0, 0.05) is 22.2 Å². The minimum atomic E-state index is -4.73. The quantitative estimate of drug-likeness (QED) is 0.140. The van der Waals surface area contributed by atoms with Crippen molar-refractivity contribution in [3.63, 3.8) is 0 Å². The van der Waals surface area contributed by atoms with Gasteiger partial charge in [0.25, 0.3) is 0 Å². The largest absolute Gasteiger partial charge is 0.418 e. The number of nitrogens with zero attached hydrogens (tertiary/aromatic N) is 2. The maximum atomic E-state index is 15.6. The van der Waals surface area contributed by atoms with Crippen molar-refractivity contribution in [2.45, 2.75) is 17.8 Å². The van der Waals surface area contributed by atoms with Crippen LogP contribution in [0, 0.1) is 0 Å². The standard InChI is InChI=1S/C67H42F6N2/c68-66(69,70)55-33-15-19-37-61(55)74(59-35-17-11-25-46(59)43-21-3-1-4-22-43)45-39-40-52-57(41-45)65(53-31-13-9-27-48(53)49-28-10-14-32-54(49)65)58-42-63(50-29-7-8-30-51(50)64(52)58)75(62-38-20-16-34-56(62)67(71,72)73)60-36-18-12-26-47(60)44-23-5-2-6-24-44/h1-42H. The molecule has 0 saturated carbocycles. The monoisotopic (exact) mass is 988 g/mol. The molecule has 2 aliphatic carbocycles. The van der Waals surface area contributed by atoms with Gasteiger partial charge in [-0.3, -0.25) is 0 Å². The van der Waals surface area contributed by atoms with E-state index in [1.165, 1.54) is 24.3 Å². The number of alkyl halides is 6. The van der Waals surface area contributed by atoms with Crippen molar-refractivity contribution in [1.29, 1.82) is 0 Å². The lowest BCUT2D eigenvalue weighted by Crippen LogP contribution is -2.27. The number of fused-ring (bicyclic) bond motifs is 12. The van der Waals surface area contributed by atoms with Crippen LogP contribution in [-0.2, 0) is 17.8 Å². The Hall–Kier alpha value is -9.14. The van der Waals surface area contributed by atoms with Crippen LogP contribution in [0.1, 0.15) is 33.4 Å². The minimum Gasteiger partial charge on any atom is -0.309 e. The summed E-state index contributed by atoms with van der Waals surface area (Å²) in [6, 6.07) is 78.0. The Morgan fingerprint density at radius 3 is 1.23 bits per heavy atom. The van der Waals surface area contributed by atoms with Crippen LogP contribution >= 0.6 is 0 Å². The molecular weight excluding hydrogens is 947 g/mol. The van der Waals surface area contributed by atoms with Crippen LogP contribution in [0.4, 0.5) is 60.5 Å². The SMILES string of the molecule is FC(F)(F)c1ccccc1N(c1ccc2c(c1)C1(c3ccccc3-c3ccccc31)c1cc(N(c3ccccc3-c3ccccc3)c3ccccc3C(F)(F)F)c3ccccc3c1-2)c1ccccc1-c1ccccc1. The summed E-state index contributed by atoms with van der Waals surface area (Å²) >= 11 is 0. The second-order valence-electron chi connectivity index (χ2n) is 18.9. The van der Waals surface area contributed by atoms with E-state index in [9.17, 15) is 0 Å². The van der Waals surface area contributed by atoms with Gasteiger partial charge >= 0.3 is 12.4 Å². The summed E-state index contributed by atoms with van der Waals surface area (Å²) in [5, 5.41) is 1.51. The van der Waals surface area contributed by atoms with Crippen LogP contribution in [0.2, 0.25) is 0 Å². The fourth-order valence-corrected chi connectivity index (χ4v) is 12.0. The molecule has 0 N–H and O–H groups in total. The highest BCUT2D eigenvalue weighted by Crippen LogP contribution is 2.66. The van der Waals surface area contributed by atoms with E-state index in [0.717, 1.165) is 84.3 Å². The molecule has 11 aromatic carbocycles. The lowest BCUT2D eigenvalue weighted by atomic mass is 9.70. The molecule has 75 heavy (non-hydrogen) atoms. The van der Waals surface area contributed by atoms with E-state index in [0.29, 0.717) is 28.1 Å². The molecule has 362 valence electrons. The van der Waals surface area contributed by atoms with E-state index in [-0.39, 0.29) is 11.4 Å². The topological polar surface area (TPSA) is 6.48 Å². The van der Waals surface area contributed by atoms with Gasteiger partial charge in [0.05, 0.1) is 45.0 Å². The fraction of sp³-hybridized carbons (Fsp3) is 0.0448. The Labute approximate surface area is 429 Å². The van der Waals surface area contributed by atoms with Gasteiger partial charge in [0.15, 0.2) is 0 Å². The predicted octanol–water partition coefficient (Wildman–Crippen LogP) is 19.5. The Kier molecular flexibility index (Phi) is 10.7. The zero-order chi connectivity index (χ0) is 51.1. The van der Waals surface area contributed by atoms with Gasteiger partial charge in [-0.2, -0.15) is 26.3 Å². The second-order valence-corrected chi connectivity index (χ2v) is 18.9. The van der Waals surface area contributed by atoms with Gasteiger partial charge in [-0.25, -0.2) is 0 Å². The first-order valence-electron chi connectivity index (χ1n) is 24.7. The first-order chi connectivity index (χ1) is 36.5. The molecule has 0 atom stereocenters. The van der Waals surface area contributed by atoms with E-state index < -0.39 is 28.9 Å². The number of hydrogen-bond acceptors (Lipinski definition) is 2. The van der Waals surface area contributed by atoms with Gasteiger partial charge in [-0.05, 0) is 116 Å². The maximum Gasteiger partial charge on any atom is 0.418 e. The first-order valence-corrected chi connectivity index (χ1v) is 24.7. The van der Waals surface area contributed by atoms with Crippen molar-refractivity contribution >= 4 is 44.9 Å². The summed E-state index contributed by atoms with van der Waals surface area (Å²) in [7, 11) is 0. The molecule has 13 rings (SSSR count). The molecule has 0 aromatic heterocycles. The minimum absolute atomic E-state index is 0.0473. The fourth-order valence-electron chi connectivity index (χ4n) is 12.0. The number of halogens is 6. The lowest BCUT2D eigenvalue weighted by Gasteiger charge is -2.35. The van der Waals surface area contributed by atoms with Crippen LogP contribution in [-0.4, -0.2) is 0 Å². The van der Waals surface area contributed by atoms with E-state index in [4.69, 9.17) is 0 Å². The Morgan fingerprint density at radius 2 is 0.693 bits per heavy atom. The number of benzene rings is 11. The number of rotatable bonds is 8. The number of anilines is 6. The van der Waals surface area contributed by atoms with E-state index in [1.54, 1.807) is 21.9 Å². The smallest absolute Gasteiger partial charge is 0.309 e. The molecule has 0 radical (unpaired) electrons. The average Bonchev–Trinajstić information content (AvgIpc) is 3.94. The van der Waals surface area contributed by atoms with Crippen LogP contribution in [0.25, 0.3) is 55.3 Å². The molecule has 11 aromatic rings. The molecule has 0 heterocycles. The van der Waals surface area contributed by atoms with Crippen molar-refractivity contribution in [3.05, 3.63) is 288 Å². The zero-order valence-electron chi connectivity index (χ0n) is 39.9. The highest BCUT2D eigenvalue weighted by molar-refractivity contribution is 6.13. The third-order valence-electron chi connectivity index (χ3n) is 14.9. The molecule has 0 bridgehead atoms. The normalized spacial score (nSPS) is 13.0. The summed E-state index contributed by atoms with van der Waals surface area (Å²) in [4.78, 5) is 3.48. The molecule has 2 nitrogen and oxygen atoms in total. The molecule has 2 aliphatic rings. The Balaban J connectivity index is 1.16. The van der Waals surface area contributed by atoms with Crippen molar-refractivity contribution < 1.29 is 26.3 Å². The third kappa shape index (κ3) is 7.19. The molecule has 0 amide bonds. The average molecular weight is 989 g/mol. The van der Waals surface area contributed by atoms with Crippen LogP contribution in [0.5, 0.6) is 0 Å². The highest BCUT2D eigenvalue weighted by atomic mass is 19.4. The summed E-state index contributed by atoms with van der Waals surface area (Å²) in [5.41, 5.74) is 9.67. The zero-order valence-corrected chi connectivity index (χ0v) is 39.9. The molecule has 1 spiro atoms. The van der Waals surface area contributed by atoms with Crippen LogP contribution < -0.4 is 9.80 Å². The summed E-state index contributed by atoms with van der Waals surface area (Å²) < 4.78 is 93.2. The lowest BCUT2D eigenvalue weighted by molar-refractivity contribution is -0.137. The van der Waals surface area contributed by atoms with Gasteiger partial charge in [-0.1, -0.05) is 200 Å². The van der Waals surface area contributed by atoms with E-state index in [1.807, 2.05) is 176 Å². The van der Waals surface area contributed by atoms with Crippen molar-refractivity contribution in [2.24, 2.45) is 0 Å². The molecule has 0 aliphatic heterocycles. The first kappa shape index (κ1) is 45.7. The van der Waals surface area contributed by atoms with Crippen molar-refractivity contribution in [1.82, 2.24) is 0 Å². The second kappa shape index (κ2) is 17.5. The Bertz CT molecular complexity index is 3970. The predicted molar refractivity (Wildman–Crippen MR) is 290 cm³/mol. The Morgan fingerprint density at radius 1 is 0.280 bits per heavy atom. The van der Waals surface area contributed by atoms with Crippen LogP contribution in [0.15, 0.2) is 255 Å². The molecule has 0 saturated heterocycles. The van der Waals surface area contributed by atoms with E-state index >= 15 is 26.3 Å². The van der Waals surface area contributed by atoms with E-state index in [2.05, 4.69) is 30.3 Å². The number of hydrogen-bond donors (Lipinski definition) is 0. The summed E-state index contributed by atoms with van der Waals surface area (Å²) in [5.74, 6) is 0. The summed E-state index contributed by atoms with van der Waals surface area (Å²) in [6.07, 6.45) is -9.44. The molecule has 8 heteroatoms. The third-order valence-corrected chi connectivity index (χ3v) is 14.9. The molecule has 0 unspecified atom stereocenters. The van der Waals surface area contributed by atoms with Crippen LogP contribution in [0.3, 0.4) is 0 Å². The maximum absolute atomic E-state index is 15.6. The highest BCUT2D eigenvalue weighted by Gasteiger charge is 2.53. The van der Waals surface area contributed by atoms with Gasteiger partial charge in [0.1, 0.15) is 0 Å². The molecule has 0 fully saturated rings. The van der Waals surface area contributed by atoms with Gasteiger partial charge < -0.3 is 9.80 Å². The van der Waals surface area contributed by atoms with Crippen molar-refractivity contribution in [3.8, 4) is 44.5 Å². The van der Waals surface area contributed by atoms with Gasteiger partial charge in [0.2, 0.25) is 0 Å². The summed E-state index contributed by atoms with van der Waals surface area (Å²) in [6.45, 7) is 0. The van der Waals surface area contributed by atoms with Crippen molar-refractivity contribution in [2.75, 3.05) is 9.80 Å². The van der Waals surface area contributed by atoms with Gasteiger partial charge in [-0.15, -0.1) is 0 Å². The number of para-hydroxylation sites is 4.